The fourth-order valence-electron chi connectivity index (χ4n) is 0.548. The fraction of sp³-hybridized carbons (Fsp3) is 0.250. The number of amides is 1. The molecule has 1 amide bonds. The van der Waals surface area contributed by atoms with Gasteiger partial charge in [0.1, 0.15) is 0 Å². The van der Waals surface area contributed by atoms with Crippen molar-refractivity contribution in [2.24, 2.45) is 21.2 Å². The summed E-state index contributed by atoms with van der Waals surface area (Å²) in [6.07, 6.45) is 0.789. The van der Waals surface area contributed by atoms with Crippen molar-refractivity contribution in [1.82, 2.24) is 0 Å². The third kappa shape index (κ3) is 0.858. The van der Waals surface area contributed by atoms with Crippen molar-refractivity contribution in [2.45, 2.75) is 5.54 Å². The molecule has 0 aromatic heterocycles. The van der Waals surface area contributed by atoms with Crippen LogP contribution in [0.25, 0.3) is 0 Å². The molecule has 7 heteroatoms. The van der Waals surface area contributed by atoms with Crippen LogP contribution in [0, 0.1) is 0 Å². The van der Waals surface area contributed by atoms with Crippen molar-refractivity contribution in [3.05, 3.63) is 0 Å². The number of hydrogen-bond donors (Lipinski definition) is 2. The van der Waals surface area contributed by atoms with E-state index in [2.05, 4.69) is 15.4 Å². The van der Waals surface area contributed by atoms with Gasteiger partial charge in [0.25, 0.3) is 11.4 Å². The lowest BCUT2D eigenvalue weighted by Gasteiger charge is -2.08. The van der Waals surface area contributed by atoms with Crippen molar-refractivity contribution in [2.75, 3.05) is 0 Å². The summed E-state index contributed by atoms with van der Waals surface area (Å²) in [5, 5.41) is 17.7. The van der Waals surface area contributed by atoms with E-state index in [1.807, 2.05) is 0 Å². The van der Waals surface area contributed by atoms with Gasteiger partial charge in [-0.05, 0) is 5.22 Å². The molecule has 1 rings (SSSR count). The Balaban J connectivity index is 3.09. The number of nitrogens with zero attached hydrogens (tertiary/aromatic N) is 3. The molecule has 0 aromatic carbocycles. The Kier molecular flexibility index (Phi) is 1.41. The number of rotatable bonds is 2. The molecule has 0 aromatic rings. The maximum Gasteiger partial charge on any atom is 0.349 e. The van der Waals surface area contributed by atoms with Gasteiger partial charge < -0.3 is 10.8 Å². The quantitative estimate of drug-likeness (QED) is 0.486. The number of carboxylic acid groups (broad SMARTS) is 1. The lowest BCUT2D eigenvalue weighted by atomic mass is 10.0. The highest BCUT2D eigenvalue weighted by atomic mass is 16.4. The summed E-state index contributed by atoms with van der Waals surface area (Å²) in [5.74, 6) is -2.58. The van der Waals surface area contributed by atoms with Crippen molar-refractivity contribution < 1.29 is 14.7 Å². The fourth-order valence-corrected chi connectivity index (χ4v) is 0.548. The minimum atomic E-state index is -2.08. The van der Waals surface area contributed by atoms with E-state index >= 15 is 0 Å². The average molecular weight is 156 g/mol. The minimum Gasteiger partial charge on any atom is -0.479 e. The molecule has 1 unspecified atom stereocenters. The third-order valence-electron chi connectivity index (χ3n) is 1.20. The number of primary amides is 1. The second-order valence-electron chi connectivity index (χ2n) is 1.87. The summed E-state index contributed by atoms with van der Waals surface area (Å²) in [4.78, 5) is 21.0. The van der Waals surface area contributed by atoms with Crippen LogP contribution in [0.2, 0.25) is 0 Å². The van der Waals surface area contributed by atoms with Crippen molar-refractivity contribution in [3.8, 4) is 0 Å². The van der Waals surface area contributed by atoms with Crippen LogP contribution in [0.15, 0.2) is 15.4 Å². The number of carbonyl (C=O) groups excluding carboxylic acids is 1. The van der Waals surface area contributed by atoms with Crippen molar-refractivity contribution in [1.29, 1.82) is 0 Å². The first kappa shape index (κ1) is 7.32. The molecule has 11 heavy (non-hydrogen) atoms. The van der Waals surface area contributed by atoms with E-state index < -0.39 is 17.4 Å². The molecule has 1 aliphatic rings. The SMILES string of the molecule is NC(=O)C1(C(=O)O)C=NN=N1. The predicted molar refractivity (Wildman–Crippen MR) is 32.9 cm³/mol. The first-order valence-electron chi connectivity index (χ1n) is 2.59. The monoisotopic (exact) mass is 156 g/mol. The topological polar surface area (TPSA) is 117 Å². The van der Waals surface area contributed by atoms with Gasteiger partial charge in [-0.15, -0.1) is 10.2 Å². The first-order valence-corrected chi connectivity index (χ1v) is 2.59. The smallest absolute Gasteiger partial charge is 0.349 e. The van der Waals surface area contributed by atoms with E-state index in [0.29, 0.717) is 0 Å². The van der Waals surface area contributed by atoms with Crippen LogP contribution < -0.4 is 5.73 Å². The van der Waals surface area contributed by atoms with Gasteiger partial charge in [-0.3, -0.25) is 4.79 Å². The summed E-state index contributed by atoms with van der Waals surface area (Å²) in [6, 6.07) is 0. The van der Waals surface area contributed by atoms with Gasteiger partial charge in [-0.1, -0.05) is 0 Å². The number of carbonyl (C=O) groups is 2. The summed E-state index contributed by atoms with van der Waals surface area (Å²) in [5.41, 5.74) is 2.69. The third-order valence-corrected chi connectivity index (χ3v) is 1.20. The van der Waals surface area contributed by atoms with Crippen molar-refractivity contribution in [3.63, 3.8) is 0 Å². The van der Waals surface area contributed by atoms with Gasteiger partial charge in [-0.25, -0.2) is 4.79 Å². The molecule has 0 radical (unpaired) electrons. The number of carboxylic acids is 1. The maximum absolute atomic E-state index is 10.6. The highest BCUT2D eigenvalue weighted by molar-refractivity contribution is 6.21. The van der Waals surface area contributed by atoms with Crippen LogP contribution in [0.4, 0.5) is 0 Å². The summed E-state index contributed by atoms with van der Waals surface area (Å²) in [7, 11) is 0. The van der Waals surface area contributed by atoms with Gasteiger partial charge in [0.2, 0.25) is 0 Å². The Morgan fingerprint density at radius 1 is 1.55 bits per heavy atom. The van der Waals surface area contributed by atoms with Crippen molar-refractivity contribution >= 4 is 18.1 Å². The molecule has 0 bridgehead atoms. The van der Waals surface area contributed by atoms with Crippen LogP contribution in [0.1, 0.15) is 0 Å². The Bertz CT molecular complexity index is 241. The van der Waals surface area contributed by atoms with Gasteiger partial charge in [0.05, 0.1) is 6.21 Å². The van der Waals surface area contributed by atoms with E-state index in [1.54, 1.807) is 0 Å². The van der Waals surface area contributed by atoms with Crippen LogP contribution in [-0.2, 0) is 9.59 Å². The molecule has 0 aliphatic carbocycles. The summed E-state index contributed by atoms with van der Waals surface area (Å²) >= 11 is 0. The Hall–Kier alpha value is -1.79. The van der Waals surface area contributed by atoms with E-state index in [1.165, 1.54) is 0 Å². The van der Waals surface area contributed by atoms with E-state index in [9.17, 15) is 9.59 Å². The zero-order valence-electron chi connectivity index (χ0n) is 5.26. The molecule has 1 heterocycles. The average Bonchev–Trinajstić information content (AvgIpc) is 2.34. The van der Waals surface area contributed by atoms with E-state index in [0.717, 1.165) is 6.21 Å². The molecular formula is C4H4N4O3. The molecule has 0 saturated heterocycles. The van der Waals surface area contributed by atoms with Gasteiger partial charge in [0, 0.05) is 0 Å². The molecule has 7 nitrogen and oxygen atoms in total. The number of aliphatic carboxylic acids is 1. The molecular weight excluding hydrogens is 152 g/mol. The van der Waals surface area contributed by atoms with Crippen LogP contribution >= 0.6 is 0 Å². The first-order chi connectivity index (χ1) is 5.09. The van der Waals surface area contributed by atoms with Gasteiger partial charge >= 0.3 is 5.97 Å². The lowest BCUT2D eigenvalue weighted by molar-refractivity contribution is -0.144. The Morgan fingerprint density at radius 3 is 2.36 bits per heavy atom. The lowest BCUT2D eigenvalue weighted by Crippen LogP contribution is -2.49. The molecule has 0 spiro atoms. The van der Waals surface area contributed by atoms with Crippen LogP contribution in [0.3, 0.4) is 0 Å². The maximum atomic E-state index is 10.6. The molecule has 1 atom stereocenters. The van der Waals surface area contributed by atoms with Crippen LogP contribution in [-0.4, -0.2) is 28.7 Å². The minimum absolute atomic E-state index is 0.789. The van der Waals surface area contributed by atoms with Gasteiger partial charge in [0.15, 0.2) is 0 Å². The molecule has 58 valence electrons. The van der Waals surface area contributed by atoms with E-state index in [-0.39, 0.29) is 0 Å². The van der Waals surface area contributed by atoms with E-state index in [4.69, 9.17) is 10.8 Å². The van der Waals surface area contributed by atoms with Gasteiger partial charge in [-0.2, -0.15) is 0 Å². The predicted octanol–water partition coefficient (Wildman–Crippen LogP) is -1.25. The normalized spacial score (nSPS) is 27.3. The highest BCUT2D eigenvalue weighted by Gasteiger charge is 2.46. The number of nitrogens with two attached hydrogens (primary N) is 1. The highest BCUT2D eigenvalue weighted by Crippen LogP contribution is 2.13. The molecule has 0 saturated carbocycles. The molecule has 0 fully saturated rings. The zero-order valence-corrected chi connectivity index (χ0v) is 5.26. The molecule has 3 N–H and O–H groups in total. The Labute approximate surface area is 60.6 Å². The summed E-state index contributed by atoms with van der Waals surface area (Å²) in [6.45, 7) is 0. The largest absolute Gasteiger partial charge is 0.479 e. The molecule has 1 aliphatic heterocycles. The number of hydrogen-bond acceptors (Lipinski definition) is 5. The second kappa shape index (κ2) is 2.11. The standard InChI is InChI=1S/C4H4N4O3/c5-2(9)4(3(10)11)1-6-8-7-4/h1H,(H2,5,9)(H,10,11). The zero-order chi connectivity index (χ0) is 8.48. The second-order valence-corrected chi connectivity index (χ2v) is 1.87. The Morgan fingerprint density at radius 2 is 2.18 bits per heavy atom. The summed E-state index contributed by atoms with van der Waals surface area (Å²) < 4.78 is 0. The van der Waals surface area contributed by atoms with Crippen LogP contribution in [0.5, 0.6) is 0 Å².